The lowest BCUT2D eigenvalue weighted by Crippen LogP contribution is -2.45. The van der Waals surface area contributed by atoms with Gasteiger partial charge in [0.05, 0.1) is 17.6 Å². The Morgan fingerprint density at radius 2 is 2.22 bits per heavy atom. The number of hydrogen-bond donors (Lipinski definition) is 1. The van der Waals surface area contributed by atoms with Crippen LogP contribution in [-0.4, -0.2) is 29.9 Å². The zero-order valence-electron chi connectivity index (χ0n) is 13.0. The monoisotopic (exact) mass is 392 g/mol. The second-order valence-electron chi connectivity index (χ2n) is 5.81. The predicted molar refractivity (Wildman–Crippen MR) is 93.0 cm³/mol. The number of nitrogens with two attached hydrogens (primary N) is 1. The van der Waals surface area contributed by atoms with Gasteiger partial charge in [0, 0.05) is 46.5 Å². The third-order valence-corrected chi connectivity index (χ3v) is 5.92. The summed E-state index contributed by atoms with van der Waals surface area (Å²) >= 11 is 4.99. The Morgan fingerprint density at radius 3 is 2.78 bits per heavy atom. The summed E-state index contributed by atoms with van der Waals surface area (Å²) in [7, 11) is 3.74. The molecular weight excluding hydrogens is 376 g/mol. The number of nitriles is 1. The number of ketones is 1. The van der Waals surface area contributed by atoms with E-state index in [-0.39, 0.29) is 11.7 Å². The van der Waals surface area contributed by atoms with Gasteiger partial charge in [0.1, 0.15) is 5.82 Å². The van der Waals surface area contributed by atoms with Crippen LogP contribution in [0.25, 0.3) is 0 Å². The first-order valence-corrected chi connectivity index (χ1v) is 9.00. The van der Waals surface area contributed by atoms with Gasteiger partial charge in [-0.25, -0.2) is 5.01 Å². The normalized spacial score (nSPS) is 21.8. The summed E-state index contributed by atoms with van der Waals surface area (Å²) in [6.45, 7) is 0. The van der Waals surface area contributed by atoms with Crippen molar-refractivity contribution in [2.24, 2.45) is 5.73 Å². The average Bonchev–Trinajstić information content (AvgIpc) is 2.92. The minimum Gasteiger partial charge on any atom is -0.383 e. The fourth-order valence-corrected chi connectivity index (χ4v) is 4.85. The molecule has 2 N–H and O–H groups in total. The van der Waals surface area contributed by atoms with Gasteiger partial charge in [-0.2, -0.15) is 5.26 Å². The molecule has 0 spiro atoms. The summed E-state index contributed by atoms with van der Waals surface area (Å²) in [5.41, 5.74) is 8.41. The number of hydrogen-bond acceptors (Lipinski definition) is 6. The Labute approximate surface area is 147 Å². The molecule has 7 heteroatoms. The van der Waals surface area contributed by atoms with Crippen molar-refractivity contribution in [2.45, 2.75) is 25.2 Å². The van der Waals surface area contributed by atoms with Gasteiger partial charge in [0.15, 0.2) is 5.78 Å². The highest BCUT2D eigenvalue weighted by Crippen LogP contribution is 2.46. The SMILES string of the molecule is CN(C)N1C(N)=C(C#N)C(c2cc(Br)cs2)C2=C1CCCC2=O. The molecule has 0 aromatic carbocycles. The van der Waals surface area contributed by atoms with Crippen LogP contribution in [-0.2, 0) is 4.79 Å². The van der Waals surface area contributed by atoms with Gasteiger partial charge in [0.2, 0.25) is 0 Å². The maximum absolute atomic E-state index is 12.7. The Morgan fingerprint density at radius 1 is 1.48 bits per heavy atom. The van der Waals surface area contributed by atoms with Gasteiger partial charge in [-0.05, 0) is 34.8 Å². The molecule has 0 fully saturated rings. The van der Waals surface area contributed by atoms with Crippen LogP contribution in [0.1, 0.15) is 30.1 Å². The Kier molecular flexibility index (Phi) is 4.32. The van der Waals surface area contributed by atoms with Crippen LogP contribution in [0.3, 0.4) is 0 Å². The van der Waals surface area contributed by atoms with E-state index in [1.165, 1.54) is 11.3 Å². The van der Waals surface area contributed by atoms with Gasteiger partial charge >= 0.3 is 0 Å². The molecule has 0 bridgehead atoms. The van der Waals surface area contributed by atoms with E-state index in [9.17, 15) is 10.1 Å². The van der Waals surface area contributed by atoms with Crippen LogP contribution in [0.15, 0.2) is 38.6 Å². The van der Waals surface area contributed by atoms with E-state index >= 15 is 0 Å². The first-order chi connectivity index (χ1) is 11.0. The van der Waals surface area contributed by atoms with Gasteiger partial charge in [-0.15, -0.1) is 11.3 Å². The second kappa shape index (κ2) is 6.11. The Hall–Kier alpha value is -1.62. The molecule has 1 aliphatic carbocycles. The quantitative estimate of drug-likeness (QED) is 0.836. The molecule has 0 saturated heterocycles. The molecule has 1 atom stereocenters. The lowest BCUT2D eigenvalue weighted by molar-refractivity contribution is -0.116. The van der Waals surface area contributed by atoms with E-state index in [0.29, 0.717) is 17.8 Å². The zero-order valence-corrected chi connectivity index (χ0v) is 15.4. The maximum Gasteiger partial charge on any atom is 0.161 e. The van der Waals surface area contributed by atoms with Crippen LogP contribution in [0.2, 0.25) is 0 Å². The topological polar surface area (TPSA) is 73.4 Å². The largest absolute Gasteiger partial charge is 0.383 e. The minimum absolute atomic E-state index is 0.118. The molecule has 0 saturated carbocycles. The molecule has 0 radical (unpaired) electrons. The molecule has 1 aromatic rings. The molecule has 2 aliphatic rings. The standard InChI is InChI=1S/C16H17BrN4OS/c1-20(2)21-11-4-3-5-12(22)15(11)14(10(7-18)16(21)19)13-6-9(17)8-23-13/h6,8,14H,3-5,19H2,1-2H3. The van der Waals surface area contributed by atoms with Crippen molar-refractivity contribution in [2.75, 3.05) is 14.1 Å². The maximum atomic E-state index is 12.7. The van der Waals surface area contributed by atoms with Crippen molar-refractivity contribution in [3.05, 3.63) is 43.5 Å². The van der Waals surface area contributed by atoms with Gasteiger partial charge in [-0.1, -0.05) is 0 Å². The molecule has 0 amide bonds. The van der Waals surface area contributed by atoms with Crippen LogP contribution in [0.4, 0.5) is 0 Å². The number of thiophene rings is 1. The molecule has 23 heavy (non-hydrogen) atoms. The van der Waals surface area contributed by atoms with E-state index in [1.807, 2.05) is 35.6 Å². The first kappa shape index (κ1) is 16.2. The summed E-state index contributed by atoms with van der Waals surface area (Å²) < 4.78 is 0.953. The molecule has 1 unspecified atom stereocenters. The number of rotatable bonds is 2. The van der Waals surface area contributed by atoms with Gasteiger partial charge in [0.25, 0.3) is 0 Å². The highest BCUT2D eigenvalue weighted by molar-refractivity contribution is 9.10. The van der Waals surface area contributed by atoms with Crippen molar-refractivity contribution < 1.29 is 4.79 Å². The number of allylic oxidation sites excluding steroid dienone is 3. The third kappa shape index (κ3) is 2.61. The van der Waals surface area contributed by atoms with Crippen molar-refractivity contribution >= 4 is 33.0 Å². The molecule has 3 rings (SSSR count). The molecular formula is C16H17BrN4OS. The second-order valence-corrected chi connectivity index (χ2v) is 7.67. The zero-order chi connectivity index (χ0) is 16.7. The van der Waals surface area contributed by atoms with Crippen LogP contribution < -0.4 is 5.73 Å². The summed E-state index contributed by atoms with van der Waals surface area (Å²) in [5.74, 6) is 0.184. The third-order valence-electron chi connectivity index (χ3n) is 4.16. The fourth-order valence-electron chi connectivity index (χ4n) is 3.29. The smallest absolute Gasteiger partial charge is 0.161 e. The lowest BCUT2D eigenvalue weighted by Gasteiger charge is -2.42. The lowest BCUT2D eigenvalue weighted by atomic mass is 9.79. The summed E-state index contributed by atoms with van der Waals surface area (Å²) in [5, 5.41) is 15.3. The number of carbonyl (C=O) groups is 1. The summed E-state index contributed by atoms with van der Waals surface area (Å²) in [4.78, 5) is 13.6. The van der Waals surface area contributed by atoms with Crippen LogP contribution >= 0.6 is 27.3 Å². The van der Waals surface area contributed by atoms with E-state index in [1.54, 1.807) is 0 Å². The molecule has 2 heterocycles. The fraction of sp³-hybridized carbons (Fsp3) is 0.375. The van der Waals surface area contributed by atoms with Crippen molar-refractivity contribution in [3.63, 3.8) is 0 Å². The van der Waals surface area contributed by atoms with Crippen molar-refractivity contribution in [3.8, 4) is 6.07 Å². The van der Waals surface area contributed by atoms with Crippen molar-refractivity contribution in [1.82, 2.24) is 10.0 Å². The summed E-state index contributed by atoms with van der Waals surface area (Å²) in [6, 6.07) is 4.21. The number of hydrazine groups is 1. The average molecular weight is 393 g/mol. The van der Waals surface area contributed by atoms with Crippen molar-refractivity contribution in [1.29, 1.82) is 5.26 Å². The van der Waals surface area contributed by atoms with E-state index < -0.39 is 0 Å². The number of nitrogens with zero attached hydrogens (tertiary/aromatic N) is 3. The van der Waals surface area contributed by atoms with Crippen LogP contribution in [0, 0.1) is 11.3 Å². The van der Waals surface area contributed by atoms with Crippen LogP contribution in [0.5, 0.6) is 0 Å². The van der Waals surface area contributed by atoms with Gasteiger partial charge < -0.3 is 5.73 Å². The molecule has 1 aromatic heterocycles. The molecule has 120 valence electrons. The van der Waals surface area contributed by atoms with E-state index in [0.717, 1.165) is 33.5 Å². The minimum atomic E-state index is -0.352. The number of Topliss-reactive ketones (excluding diaryl/α,β-unsaturated/α-hetero) is 1. The van der Waals surface area contributed by atoms with Gasteiger partial charge in [-0.3, -0.25) is 9.80 Å². The molecule has 1 aliphatic heterocycles. The highest BCUT2D eigenvalue weighted by Gasteiger charge is 2.41. The Balaban J connectivity index is 2.25. The van der Waals surface area contributed by atoms with E-state index in [2.05, 4.69) is 22.0 Å². The highest BCUT2D eigenvalue weighted by atomic mass is 79.9. The first-order valence-electron chi connectivity index (χ1n) is 7.33. The van der Waals surface area contributed by atoms with E-state index in [4.69, 9.17) is 5.73 Å². The summed E-state index contributed by atoms with van der Waals surface area (Å²) in [6.07, 6.45) is 2.14. The number of halogens is 1. The number of carbonyl (C=O) groups excluding carboxylic acids is 1. The Bertz CT molecular complexity index is 771. The predicted octanol–water partition coefficient (Wildman–Crippen LogP) is 3.09. The molecule has 5 nitrogen and oxygen atoms in total.